The van der Waals surface area contributed by atoms with E-state index in [4.69, 9.17) is 4.42 Å². The summed E-state index contributed by atoms with van der Waals surface area (Å²) < 4.78 is 7.01. The number of aryl methyl sites for hydroxylation is 1. The van der Waals surface area contributed by atoms with E-state index < -0.39 is 0 Å². The predicted octanol–water partition coefficient (Wildman–Crippen LogP) is 1.53. The van der Waals surface area contributed by atoms with Crippen molar-refractivity contribution < 1.29 is 9.21 Å². The lowest BCUT2D eigenvalue weighted by Gasteiger charge is -2.07. The van der Waals surface area contributed by atoms with Crippen LogP contribution in [0.15, 0.2) is 23.0 Å². The Hall–Kier alpha value is -2.11. The van der Waals surface area contributed by atoms with Gasteiger partial charge in [-0.3, -0.25) is 4.79 Å². The van der Waals surface area contributed by atoms with Gasteiger partial charge in [0, 0.05) is 13.0 Å². The average Bonchev–Trinajstić information content (AvgIpc) is 3.02. The Balaban J connectivity index is 1.67. The third kappa shape index (κ3) is 2.52. The zero-order valence-corrected chi connectivity index (χ0v) is 10.6. The van der Waals surface area contributed by atoms with E-state index in [-0.39, 0.29) is 5.91 Å². The molecule has 2 aromatic heterocycles. The van der Waals surface area contributed by atoms with Crippen LogP contribution in [0.1, 0.15) is 41.3 Å². The van der Waals surface area contributed by atoms with E-state index >= 15 is 0 Å². The molecule has 0 bridgehead atoms. The van der Waals surface area contributed by atoms with Crippen LogP contribution in [0.5, 0.6) is 0 Å². The quantitative estimate of drug-likeness (QED) is 0.908. The van der Waals surface area contributed by atoms with E-state index in [2.05, 4.69) is 20.1 Å². The zero-order chi connectivity index (χ0) is 13.1. The second-order valence-electron chi connectivity index (χ2n) is 4.69. The molecule has 1 aliphatic heterocycles. The number of amides is 1. The van der Waals surface area contributed by atoms with Gasteiger partial charge in [0.2, 0.25) is 0 Å². The minimum absolute atomic E-state index is 0.153. The summed E-state index contributed by atoms with van der Waals surface area (Å²) in [5.41, 5.74) is 0.524. The molecule has 0 radical (unpaired) electrons. The van der Waals surface area contributed by atoms with Crippen molar-refractivity contribution >= 4 is 5.91 Å². The molecule has 0 saturated carbocycles. The number of hydrogen-bond acceptors (Lipinski definition) is 4. The Morgan fingerprint density at radius 3 is 3.16 bits per heavy atom. The number of hydrogen-bond donors (Lipinski definition) is 1. The summed E-state index contributed by atoms with van der Waals surface area (Å²) >= 11 is 0. The molecular formula is C13H16N4O2. The number of aromatic nitrogens is 3. The maximum absolute atomic E-state index is 11.8. The molecule has 3 heterocycles. The van der Waals surface area contributed by atoms with Gasteiger partial charge in [-0.25, -0.2) is 0 Å². The largest absolute Gasteiger partial charge is 0.472 e. The third-order valence-corrected chi connectivity index (χ3v) is 3.38. The van der Waals surface area contributed by atoms with E-state index in [1.54, 1.807) is 6.07 Å². The van der Waals surface area contributed by atoms with Gasteiger partial charge in [-0.05, 0) is 18.9 Å². The monoisotopic (exact) mass is 260 g/mol. The average molecular weight is 260 g/mol. The molecule has 0 aliphatic carbocycles. The van der Waals surface area contributed by atoms with Gasteiger partial charge < -0.3 is 14.3 Å². The topological polar surface area (TPSA) is 73.0 Å². The Kier molecular flexibility index (Phi) is 3.31. The highest BCUT2D eigenvalue weighted by molar-refractivity contribution is 5.93. The first kappa shape index (κ1) is 12.0. The van der Waals surface area contributed by atoms with Crippen LogP contribution >= 0.6 is 0 Å². The van der Waals surface area contributed by atoms with Crippen LogP contribution in [0.3, 0.4) is 0 Å². The SMILES string of the molecule is O=C(NCc1nnc2n1CCCCC2)c1ccoc1. The van der Waals surface area contributed by atoms with Crippen molar-refractivity contribution in [3.63, 3.8) is 0 Å². The van der Waals surface area contributed by atoms with E-state index in [1.165, 1.54) is 25.4 Å². The van der Waals surface area contributed by atoms with Crippen molar-refractivity contribution in [1.82, 2.24) is 20.1 Å². The van der Waals surface area contributed by atoms with Crippen molar-refractivity contribution in [1.29, 1.82) is 0 Å². The number of fused-ring (bicyclic) bond motifs is 1. The number of carbonyl (C=O) groups excluding carboxylic acids is 1. The molecule has 2 aromatic rings. The molecule has 0 unspecified atom stereocenters. The van der Waals surface area contributed by atoms with Gasteiger partial charge in [-0.2, -0.15) is 0 Å². The molecule has 19 heavy (non-hydrogen) atoms. The molecule has 3 rings (SSSR count). The normalized spacial score (nSPS) is 14.7. The number of carbonyl (C=O) groups is 1. The molecule has 0 atom stereocenters. The van der Waals surface area contributed by atoms with E-state index in [1.807, 2.05) is 0 Å². The molecule has 1 amide bonds. The molecule has 1 N–H and O–H groups in total. The van der Waals surface area contributed by atoms with Gasteiger partial charge in [0.25, 0.3) is 5.91 Å². The first-order valence-corrected chi connectivity index (χ1v) is 6.56. The third-order valence-electron chi connectivity index (χ3n) is 3.38. The summed E-state index contributed by atoms with van der Waals surface area (Å²) in [6.07, 6.45) is 7.43. The number of furan rings is 1. The summed E-state index contributed by atoms with van der Waals surface area (Å²) in [5, 5.41) is 11.2. The van der Waals surface area contributed by atoms with Gasteiger partial charge >= 0.3 is 0 Å². The van der Waals surface area contributed by atoms with Crippen LogP contribution in [0, 0.1) is 0 Å². The highest BCUT2D eigenvalue weighted by Gasteiger charge is 2.15. The molecular weight excluding hydrogens is 244 g/mol. The van der Waals surface area contributed by atoms with Crippen molar-refractivity contribution in [3.8, 4) is 0 Å². The van der Waals surface area contributed by atoms with Crippen molar-refractivity contribution in [2.24, 2.45) is 0 Å². The van der Waals surface area contributed by atoms with Crippen LogP contribution in [0.25, 0.3) is 0 Å². The fourth-order valence-corrected chi connectivity index (χ4v) is 2.33. The summed E-state index contributed by atoms with van der Waals surface area (Å²) in [6.45, 7) is 1.34. The Morgan fingerprint density at radius 1 is 1.37 bits per heavy atom. The predicted molar refractivity (Wildman–Crippen MR) is 67.5 cm³/mol. The summed E-state index contributed by atoms with van der Waals surface area (Å²) in [4.78, 5) is 11.8. The highest BCUT2D eigenvalue weighted by Crippen LogP contribution is 2.14. The maximum Gasteiger partial charge on any atom is 0.254 e. The first-order valence-electron chi connectivity index (χ1n) is 6.56. The van der Waals surface area contributed by atoms with Crippen LogP contribution in [-0.2, 0) is 19.5 Å². The fraction of sp³-hybridized carbons (Fsp3) is 0.462. The second kappa shape index (κ2) is 5.26. The molecule has 6 heteroatoms. The Bertz CT molecular complexity index is 559. The second-order valence-corrected chi connectivity index (χ2v) is 4.69. The Labute approximate surface area is 110 Å². The van der Waals surface area contributed by atoms with Gasteiger partial charge in [-0.15, -0.1) is 10.2 Å². The van der Waals surface area contributed by atoms with Crippen LogP contribution in [-0.4, -0.2) is 20.7 Å². The van der Waals surface area contributed by atoms with Gasteiger partial charge in [0.05, 0.1) is 18.4 Å². The summed E-state index contributed by atoms with van der Waals surface area (Å²) in [7, 11) is 0. The molecule has 0 spiro atoms. The molecule has 1 aliphatic rings. The molecule has 0 saturated heterocycles. The summed E-state index contributed by atoms with van der Waals surface area (Å²) in [5.74, 6) is 1.71. The smallest absolute Gasteiger partial charge is 0.254 e. The fourth-order valence-electron chi connectivity index (χ4n) is 2.33. The summed E-state index contributed by atoms with van der Waals surface area (Å²) in [6, 6.07) is 1.64. The molecule has 0 fully saturated rings. The minimum Gasteiger partial charge on any atom is -0.472 e. The van der Waals surface area contributed by atoms with Gasteiger partial charge in [0.15, 0.2) is 5.82 Å². The molecule has 0 aromatic carbocycles. The van der Waals surface area contributed by atoms with E-state index in [0.29, 0.717) is 12.1 Å². The van der Waals surface area contributed by atoms with Crippen LogP contribution in [0.2, 0.25) is 0 Å². The number of nitrogens with one attached hydrogen (secondary N) is 1. The maximum atomic E-state index is 11.8. The Morgan fingerprint density at radius 2 is 2.32 bits per heavy atom. The van der Waals surface area contributed by atoms with E-state index in [0.717, 1.165) is 31.0 Å². The molecule has 100 valence electrons. The van der Waals surface area contributed by atoms with E-state index in [9.17, 15) is 4.79 Å². The zero-order valence-electron chi connectivity index (χ0n) is 10.6. The van der Waals surface area contributed by atoms with Crippen LogP contribution in [0.4, 0.5) is 0 Å². The standard InChI is InChI=1S/C13H16N4O2/c18-13(10-5-7-19-9-10)14-8-12-16-15-11-4-2-1-3-6-17(11)12/h5,7,9H,1-4,6,8H2,(H,14,18). The lowest BCUT2D eigenvalue weighted by atomic mass is 10.2. The van der Waals surface area contributed by atoms with Gasteiger partial charge in [-0.1, -0.05) is 6.42 Å². The van der Waals surface area contributed by atoms with Crippen LogP contribution < -0.4 is 5.32 Å². The lowest BCUT2D eigenvalue weighted by Crippen LogP contribution is -2.24. The van der Waals surface area contributed by atoms with Crippen molar-refractivity contribution in [3.05, 3.63) is 35.8 Å². The first-order chi connectivity index (χ1) is 9.34. The van der Waals surface area contributed by atoms with Crippen molar-refractivity contribution in [2.45, 2.75) is 38.8 Å². The number of nitrogens with zero attached hydrogens (tertiary/aromatic N) is 3. The molecule has 6 nitrogen and oxygen atoms in total. The van der Waals surface area contributed by atoms with Crippen molar-refractivity contribution in [2.75, 3.05) is 0 Å². The minimum atomic E-state index is -0.153. The highest BCUT2D eigenvalue weighted by atomic mass is 16.3. The lowest BCUT2D eigenvalue weighted by molar-refractivity contribution is 0.0949. The van der Waals surface area contributed by atoms with Gasteiger partial charge in [0.1, 0.15) is 12.1 Å². The number of rotatable bonds is 3.